The van der Waals surface area contributed by atoms with E-state index in [1.165, 1.54) is 26.2 Å². The summed E-state index contributed by atoms with van der Waals surface area (Å²) in [4.78, 5) is 16.4. The van der Waals surface area contributed by atoms with Gasteiger partial charge >= 0.3 is 5.97 Å². The molecule has 3 rings (SSSR count). The highest BCUT2D eigenvalue weighted by Crippen LogP contribution is 2.27. The Labute approximate surface area is 144 Å². The zero-order valence-corrected chi connectivity index (χ0v) is 14.0. The smallest absolute Gasteiger partial charge is 0.337 e. The van der Waals surface area contributed by atoms with Gasteiger partial charge in [-0.15, -0.1) is 0 Å². The van der Waals surface area contributed by atoms with Crippen molar-refractivity contribution in [2.45, 2.75) is 18.9 Å². The largest absolute Gasteiger partial charge is 0.467 e. The maximum Gasteiger partial charge on any atom is 0.337 e. The molecule has 0 aliphatic carbocycles. The first-order valence-electron chi connectivity index (χ1n) is 7.86. The van der Waals surface area contributed by atoms with Gasteiger partial charge in [0.2, 0.25) is 0 Å². The van der Waals surface area contributed by atoms with Crippen LogP contribution in [0.25, 0.3) is 22.0 Å². The molecule has 0 saturated carbocycles. The lowest BCUT2D eigenvalue weighted by molar-refractivity contribution is -0.160. The molecule has 2 aromatic carbocycles. The third-order valence-corrected chi connectivity index (χ3v) is 4.10. The molecule has 3 aromatic rings. The Bertz CT molecular complexity index is 920. The van der Waals surface area contributed by atoms with E-state index in [0.29, 0.717) is 11.4 Å². The average molecular weight is 339 g/mol. The van der Waals surface area contributed by atoms with Crippen LogP contribution in [0, 0.1) is 5.82 Å². The number of ether oxygens (including phenoxy) is 1. The molecule has 1 aromatic heterocycles. The Hall–Kier alpha value is -2.79. The quantitative estimate of drug-likeness (QED) is 0.739. The van der Waals surface area contributed by atoms with E-state index in [2.05, 4.69) is 9.72 Å². The predicted molar refractivity (Wildman–Crippen MR) is 93.5 cm³/mol. The van der Waals surface area contributed by atoms with E-state index in [1.54, 1.807) is 12.1 Å². The summed E-state index contributed by atoms with van der Waals surface area (Å²) in [7, 11) is 1.23. The standard InChI is InChI=1S/C20H18FNO3/c1-20(24,19(23)25-2)12-18-16-6-4-3-5-14(16)11-17(22-18)13-7-9-15(21)10-8-13/h3-11,24H,12H2,1-2H3. The number of esters is 1. The van der Waals surface area contributed by atoms with Crippen LogP contribution in [0.4, 0.5) is 4.39 Å². The molecule has 25 heavy (non-hydrogen) atoms. The Kier molecular flexibility index (Phi) is 4.51. The third kappa shape index (κ3) is 3.51. The first-order valence-corrected chi connectivity index (χ1v) is 7.86. The lowest BCUT2D eigenvalue weighted by atomic mass is 9.95. The molecule has 0 aliphatic heterocycles. The molecule has 0 aliphatic rings. The number of benzene rings is 2. The number of carbonyl (C=O) groups is 1. The fraction of sp³-hybridized carbons (Fsp3) is 0.200. The summed E-state index contributed by atoms with van der Waals surface area (Å²) in [5, 5.41) is 12.2. The van der Waals surface area contributed by atoms with E-state index in [9.17, 15) is 14.3 Å². The van der Waals surface area contributed by atoms with E-state index in [1.807, 2.05) is 30.3 Å². The van der Waals surface area contributed by atoms with E-state index < -0.39 is 11.6 Å². The lowest BCUT2D eigenvalue weighted by Crippen LogP contribution is -2.38. The molecule has 0 bridgehead atoms. The van der Waals surface area contributed by atoms with Gasteiger partial charge in [0, 0.05) is 17.4 Å². The topological polar surface area (TPSA) is 59.4 Å². The molecule has 1 heterocycles. The van der Waals surface area contributed by atoms with Crippen LogP contribution in [0.2, 0.25) is 0 Å². The number of pyridine rings is 1. The first-order chi connectivity index (χ1) is 11.9. The van der Waals surface area contributed by atoms with E-state index in [4.69, 9.17) is 0 Å². The highest BCUT2D eigenvalue weighted by molar-refractivity contribution is 5.89. The van der Waals surface area contributed by atoms with Gasteiger partial charge in [0.15, 0.2) is 5.60 Å². The van der Waals surface area contributed by atoms with Crippen molar-refractivity contribution >= 4 is 16.7 Å². The minimum absolute atomic E-state index is 0.00915. The Morgan fingerprint density at radius 1 is 1.20 bits per heavy atom. The lowest BCUT2D eigenvalue weighted by Gasteiger charge is -2.21. The van der Waals surface area contributed by atoms with Gasteiger partial charge in [0.05, 0.1) is 18.5 Å². The molecule has 0 fully saturated rings. The highest BCUT2D eigenvalue weighted by atomic mass is 19.1. The molecule has 5 heteroatoms. The van der Waals surface area contributed by atoms with Gasteiger partial charge in [-0.05, 0) is 42.6 Å². The van der Waals surface area contributed by atoms with Gasteiger partial charge < -0.3 is 9.84 Å². The SMILES string of the molecule is COC(=O)C(C)(O)Cc1nc(-c2ccc(F)cc2)cc2ccccc12. The van der Waals surface area contributed by atoms with Crippen molar-refractivity contribution < 1.29 is 19.0 Å². The van der Waals surface area contributed by atoms with Crippen LogP contribution in [-0.2, 0) is 16.0 Å². The summed E-state index contributed by atoms with van der Waals surface area (Å²) < 4.78 is 17.8. The van der Waals surface area contributed by atoms with Crippen molar-refractivity contribution in [2.24, 2.45) is 0 Å². The molecule has 128 valence electrons. The normalized spacial score (nSPS) is 13.4. The second-order valence-corrected chi connectivity index (χ2v) is 6.12. The molecule has 1 atom stereocenters. The molecular formula is C20H18FNO3. The molecule has 0 saturated heterocycles. The highest BCUT2D eigenvalue weighted by Gasteiger charge is 2.33. The molecule has 1 N–H and O–H groups in total. The van der Waals surface area contributed by atoms with Gasteiger partial charge in [0.1, 0.15) is 5.82 Å². The van der Waals surface area contributed by atoms with Crippen LogP contribution < -0.4 is 0 Å². The van der Waals surface area contributed by atoms with Crippen molar-refractivity contribution in [3.8, 4) is 11.3 Å². The predicted octanol–water partition coefficient (Wildman–Crippen LogP) is 3.51. The second-order valence-electron chi connectivity index (χ2n) is 6.12. The number of nitrogens with zero attached hydrogens (tertiary/aromatic N) is 1. The van der Waals surface area contributed by atoms with Crippen molar-refractivity contribution in [3.63, 3.8) is 0 Å². The third-order valence-electron chi connectivity index (χ3n) is 4.10. The van der Waals surface area contributed by atoms with Crippen molar-refractivity contribution in [2.75, 3.05) is 7.11 Å². The second kappa shape index (κ2) is 6.61. The number of hydrogen-bond acceptors (Lipinski definition) is 4. The molecule has 4 nitrogen and oxygen atoms in total. The molecule has 1 unspecified atom stereocenters. The molecule has 0 amide bonds. The number of methoxy groups -OCH3 is 1. The summed E-state index contributed by atoms with van der Waals surface area (Å²) in [6.45, 7) is 1.40. The Morgan fingerprint density at radius 2 is 1.88 bits per heavy atom. The number of carbonyl (C=O) groups excluding carboxylic acids is 1. The number of aromatic nitrogens is 1. The van der Waals surface area contributed by atoms with Crippen molar-refractivity contribution in [1.82, 2.24) is 4.98 Å². The van der Waals surface area contributed by atoms with Gasteiger partial charge in [0.25, 0.3) is 0 Å². The van der Waals surface area contributed by atoms with Crippen LogP contribution in [0.1, 0.15) is 12.6 Å². The zero-order valence-electron chi connectivity index (χ0n) is 14.0. The van der Waals surface area contributed by atoms with Gasteiger partial charge in [-0.3, -0.25) is 4.98 Å². The summed E-state index contributed by atoms with van der Waals surface area (Å²) in [5.41, 5.74) is 0.291. The van der Waals surface area contributed by atoms with E-state index in [-0.39, 0.29) is 12.2 Å². The minimum atomic E-state index is -1.69. The van der Waals surface area contributed by atoms with Crippen LogP contribution in [-0.4, -0.2) is 28.8 Å². The van der Waals surface area contributed by atoms with E-state index in [0.717, 1.165) is 16.3 Å². The van der Waals surface area contributed by atoms with Gasteiger partial charge in [-0.2, -0.15) is 0 Å². The molecular weight excluding hydrogens is 321 g/mol. The molecule has 0 spiro atoms. The van der Waals surface area contributed by atoms with Crippen LogP contribution >= 0.6 is 0 Å². The first kappa shape index (κ1) is 17.0. The van der Waals surface area contributed by atoms with E-state index >= 15 is 0 Å². The maximum atomic E-state index is 13.2. The number of aliphatic hydroxyl groups is 1. The van der Waals surface area contributed by atoms with Crippen LogP contribution in [0.15, 0.2) is 54.6 Å². The van der Waals surface area contributed by atoms with Crippen molar-refractivity contribution in [3.05, 3.63) is 66.1 Å². The number of halogens is 1. The Balaban J connectivity index is 2.13. The number of rotatable bonds is 4. The van der Waals surface area contributed by atoms with Gasteiger partial charge in [-0.25, -0.2) is 9.18 Å². The maximum absolute atomic E-state index is 13.2. The van der Waals surface area contributed by atoms with Gasteiger partial charge in [-0.1, -0.05) is 24.3 Å². The van der Waals surface area contributed by atoms with Crippen LogP contribution in [0.5, 0.6) is 0 Å². The molecule has 0 radical (unpaired) electrons. The summed E-state index contributed by atoms with van der Waals surface area (Å²) in [5.74, 6) is -1.04. The fourth-order valence-corrected chi connectivity index (χ4v) is 2.79. The Morgan fingerprint density at radius 3 is 2.56 bits per heavy atom. The summed E-state index contributed by atoms with van der Waals surface area (Å²) >= 11 is 0. The number of fused-ring (bicyclic) bond motifs is 1. The monoisotopic (exact) mass is 339 g/mol. The summed E-state index contributed by atoms with van der Waals surface area (Å²) in [6.07, 6.45) is 0.00915. The van der Waals surface area contributed by atoms with Crippen molar-refractivity contribution in [1.29, 1.82) is 0 Å². The zero-order chi connectivity index (χ0) is 18.0. The minimum Gasteiger partial charge on any atom is -0.467 e. The fourth-order valence-electron chi connectivity index (χ4n) is 2.79. The number of hydrogen-bond donors (Lipinski definition) is 1. The summed E-state index contributed by atoms with van der Waals surface area (Å²) in [6, 6.07) is 15.5. The average Bonchev–Trinajstić information content (AvgIpc) is 2.61. The van der Waals surface area contributed by atoms with Crippen LogP contribution in [0.3, 0.4) is 0 Å².